The summed E-state index contributed by atoms with van der Waals surface area (Å²) in [4.78, 5) is 40.2. The lowest BCUT2D eigenvalue weighted by Crippen LogP contribution is -2.47. The highest BCUT2D eigenvalue weighted by Gasteiger charge is 2.27. The van der Waals surface area contributed by atoms with E-state index in [1.165, 1.54) is 4.90 Å². The molecule has 1 aromatic heterocycles. The van der Waals surface area contributed by atoms with Crippen LogP contribution in [0.3, 0.4) is 0 Å². The normalized spacial score (nSPS) is 17.8. The number of hydrogen-bond acceptors (Lipinski definition) is 5. The number of rotatable bonds is 5. The number of nitrogens with one attached hydrogen (secondary N) is 1. The van der Waals surface area contributed by atoms with Crippen molar-refractivity contribution in [2.75, 3.05) is 19.6 Å². The summed E-state index contributed by atoms with van der Waals surface area (Å²) < 4.78 is 0. The molecule has 2 heterocycles. The molecule has 0 aliphatic carbocycles. The van der Waals surface area contributed by atoms with Crippen LogP contribution in [0.25, 0.3) is 0 Å². The summed E-state index contributed by atoms with van der Waals surface area (Å²) in [5.74, 6) is -1.34. The topological polar surface area (TPSA) is 126 Å². The van der Waals surface area contributed by atoms with Gasteiger partial charge >= 0.3 is 12.0 Å². The molecule has 9 heteroatoms. The van der Waals surface area contributed by atoms with Gasteiger partial charge in [-0.25, -0.2) is 14.6 Å². The van der Waals surface area contributed by atoms with E-state index in [2.05, 4.69) is 10.3 Å². The van der Waals surface area contributed by atoms with Crippen LogP contribution < -0.4 is 11.1 Å². The molecule has 0 unspecified atom stereocenters. The molecule has 3 amide bonds. The lowest BCUT2D eigenvalue weighted by atomic mass is 9.97. The first-order valence-electron chi connectivity index (χ1n) is 7.40. The number of primary amides is 1. The smallest absolute Gasteiger partial charge is 0.347 e. The number of aromatic nitrogens is 1. The van der Waals surface area contributed by atoms with Crippen molar-refractivity contribution in [3.63, 3.8) is 0 Å². The molecule has 1 aliphatic heterocycles. The molecule has 2 rings (SSSR count). The van der Waals surface area contributed by atoms with E-state index in [0.717, 1.165) is 24.2 Å². The maximum Gasteiger partial charge on any atom is 0.347 e. The Hall–Kier alpha value is -2.16. The second-order valence-corrected chi connectivity index (χ2v) is 6.58. The molecular formula is C14H20N4O4S. The molecular weight excluding hydrogens is 320 g/mol. The van der Waals surface area contributed by atoms with Crippen molar-refractivity contribution in [1.29, 1.82) is 0 Å². The van der Waals surface area contributed by atoms with Crippen molar-refractivity contribution in [3.05, 3.63) is 15.6 Å². The molecule has 0 aromatic carbocycles. The third kappa shape index (κ3) is 4.41. The number of piperidine rings is 1. The lowest BCUT2D eigenvalue weighted by Gasteiger charge is -2.30. The molecule has 23 heavy (non-hydrogen) atoms. The van der Waals surface area contributed by atoms with E-state index in [1.807, 2.05) is 0 Å². The minimum atomic E-state index is -0.982. The molecule has 0 spiro atoms. The summed E-state index contributed by atoms with van der Waals surface area (Å²) in [6.45, 7) is 2.98. The van der Waals surface area contributed by atoms with Gasteiger partial charge in [0.05, 0.1) is 16.6 Å². The van der Waals surface area contributed by atoms with Crippen LogP contribution in [0.5, 0.6) is 0 Å². The Morgan fingerprint density at radius 3 is 2.83 bits per heavy atom. The van der Waals surface area contributed by atoms with E-state index in [1.54, 1.807) is 6.92 Å². The highest BCUT2D eigenvalue weighted by molar-refractivity contribution is 7.13. The molecule has 1 fully saturated rings. The van der Waals surface area contributed by atoms with Crippen molar-refractivity contribution < 1.29 is 19.5 Å². The maximum atomic E-state index is 12.1. The first kappa shape index (κ1) is 17.2. The minimum absolute atomic E-state index is 0.109. The zero-order chi connectivity index (χ0) is 17.0. The zero-order valence-electron chi connectivity index (χ0n) is 12.9. The predicted octanol–water partition coefficient (Wildman–Crippen LogP) is 0.599. The van der Waals surface area contributed by atoms with Crippen LogP contribution in [0, 0.1) is 12.8 Å². The molecule has 0 radical (unpaired) electrons. The predicted molar refractivity (Wildman–Crippen MR) is 84.4 cm³/mol. The van der Waals surface area contributed by atoms with Crippen molar-refractivity contribution in [2.45, 2.75) is 26.2 Å². The SMILES string of the molecule is Cc1nc(CCNC(=O)[C@H]2CCCN(C(N)=O)C2)sc1C(=O)O. The molecule has 8 nitrogen and oxygen atoms in total. The van der Waals surface area contributed by atoms with Crippen LogP contribution >= 0.6 is 11.3 Å². The van der Waals surface area contributed by atoms with Gasteiger partial charge in [-0.3, -0.25) is 4.79 Å². The standard InChI is InChI=1S/C14H20N4O4S/c1-8-11(13(20)21)23-10(17-8)4-5-16-12(19)9-3-2-6-18(7-9)14(15)22/h9H,2-7H2,1H3,(H2,15,22)(H,16,19)(H,20,21)/t9-/m0/s1. The fraction of sp³-hybridized carbons (Fsp3) is 0.571. The Kier molecular flexibility index (Phi) is 5.54. The van der Waals surface area contributed by atoms with E-state index in [0.29, 0.717) is 36.8 Å². The average Bonchev–Trinajstić information content (AvgIpc) is 2.88. The Balaban J connectivity index is 1.81. The molecule has 4 N–H and O–H groups in total. The second kappa shape index (κ2) is 7.40. The van der Waals surface area contributed by atoms with E-state index in [-0.39, 0.29) is 16.7 Å². The van der Waals surface area contributed by atoms with Gasteiger partial charge in [0.25, 0.3) is 0 Å². The van der Waals surface area contributed by atoms with Gasteiger partial charge in [-0.05, 0) is 19.8 Å². The molecule has 0 bridgehead atoms. The Labute approximate surface area is 137 Å². The number of amides is 3. The van der Waals surface area contributed by atoms with Gasteiger partial charge in [-0.15, -0.1) is 11.3 Å². The van der Waals surface area contributed by atoms with Crippen LogP contribution in [-0.2, 0) is 11.2 Å². The number of urea groups is 1. The number of carbonyl (C=O) groups excluding carboxylic acids is 2. The fourth-order valence-corrected chi connectivity index (χ4v) is 3.49. The van der Waals surface area contributed by atoms with Gasteiger partial charge in [0.15, 0.2) is 0 Å². The van der Waals surface area contributed by atoms with Gasteiger partial charge in [-0.1, -0.05) is 0 Å². The first-order chi connectivity index (χ1) is 10.9. The van der Waals surface area contributed by atoms with Crippen molar-refractivity contribution in [2.24, 2.45) is 11.7 Å². The largest absolute Gasteiger partial charge is 0.477 e. The summed E-state index contributed by atoms with van der Waals surface area (Å²) in [5, 5.41) is 12.5. The average molecular weight is 340 g/mol. The number of aromatic carboxylic acids is 1. The van der Waals surface area contributed by atoms with Crippen LogP contribution in [0.15, 0.2) is 0 Å². The Morgan fingerprint density at radius 1 is 1.48 bits per heavy atom. The van der Waals surface area contributed by atoms with Gasteiger partial charge in [-0.2, -0.15) is 0 Å². The molecule has 126 valence electrons. The van der Waals surface area contributed by atoms with Gasteiger partial charge < -0.3 is 21.1 Å². The third-order valence-electron chi connectivity index (χ3n) is 3.78. The van der Waals surface area contributed by atoms with Gasteiger partial charge in [0.1, 0.15) is 4.88 Å². The van der Waals surface area contributed by atoms with Crippen LogP contribution in [0.1, 0.15) is 33.2 Å². The third-order valence-corrected chi connectivity index (χ3v) is 4.98. The van der Waals surface area contributed by atoms with Crippen molar-refractivity contribution >= 4 is 29.2 Å². The lowest BCUT2D eigenvalue weighted by molar-refractivity contribution is -0.126. The number of carboxylic acid groups (broad SMARTS) is 1. The Bertz CT molecular complexity index is 616. The number of likely N-dealkylation sites (tertiary alicyclic amines) is 1. The van der Waals surface area contributed by atoms with Crippen LogP contribution in [0.2, 0.25) is 0 Å². The van der Waals surface area contributed by atoms with Crippen molar-refractivity contribution in [1.82, 2.24) is 15.2 Å². The first-order valence-corrected chi connectivity index (χ1v) is 8.21. The van der Waals surface area contributed by atoms with E-state index in [9.17, 15) is 14.4 Å². The summed E-state index contributed by atoms with van der Waals surface area (Å²) >= 11 is 1.13. The second-order valence-electron chi connectivity index (χ2n) is 5.49. The minimum Gasteiger partial charge on any atom is -0.477 e. The number of aryl methyl sites for hydroxylation is 1. The monoisotopic (exact) mass is 340 g/mol. The van der Waals surface area contributed by atoms with Gasteiger partial charge in [0, 0.05) is 26.1 Å². The van der Waals surface area contributed by atoms with E-state index in [4.69, 9.17) is 10.8 Å². The van der Waals surface area contributed by atoms with E-state index >= 15 is 0 Å². The molecule has 1 saturated heterocycles. The molecule has 0 saturated carbocycles. The number of nitrogens with zero attached hydrogens (tertiary/aromatic N) is 2. The number of carbonyl (C=O) groups is 3. The zero-order valence-corrected chi connectivity index (χ0v) is 13.7. The van der Waals surface area contributed by atoms with Crippen LogP contribution in [-0.4, -0.2) is 52.5 Å². The summed E-state index contributed by atoms with van der Waals surface area (Å²) in [6, 6.07) is -0.498. The highest BCUT2D eigenvalue weighted by Crippen LogP contribution is 2.19. The highest BCUT2D eigenvalue weighted by atomic mass is 32.1. The quantitative estimate of drug-likeness (QED) is 0.723. The number of nitrogens with two attached hydrogens (primary N) is 1. The van der Waals surface area contributed by atoms with Crippen molar-refractivity contribution in [3.8, 4) is 0 Å². The number of thiazole rings is 1. The molecule has 1 aliphatic rings. The van der Waals surface area contributed by atoms with E-state index < -0.39 is 12.0 Å². The molecule has 1 aromatic rings. The van der Waals surface area contributed by atoms with Crippen LogP contribution in [0.4, 0.5) is 4.79 Å². The summed E-state index contributed by atoms with van der Waals surface area (Å²) in [6.07, 6.45) is 1.97. The number of carboxylic acids is 1. The maximum absolute atomic E-state index is 12.1. The number of hydrogen-bond donors (Lipinski definition) is 3. The fourth-order valence-electron chi connectivity index (χ4n) is 2.59. The Morgan fingerprint density at radius 2 is 2.22 bits per heavy atom. The molecule has 1 atom stereocenters. The summed E-state index contributed by atoms with van der Waals surface area (Å²) in [7, 11) is 0. The van der Waals surface area contributed by atoms with Gasteiger partial charge in [0.2, 0.25) is 5.91 Å². The summed E-state index contributed by atoms with van der Waals surface area (Å²) in [5.41, 5.74) is 5.74.